The molecule has 2 aromatic heterocycles. The summed E-state index contributed by atoms with van der Waals surface area (Å²) in [5.41, 5.74) is 0.824. The number of ether oxygens (including phenoxy) is 2. The van der Waals surface area contributed by atoms with Crippen molar-refractivity contribution in [1.29, 1.82) is 0 Å². The van der Waals surface area contributed by atoms with Crippen LogP contribution in [0.2, 0.25) is 4.34 Å². The average molecular weight is 299 g/mol. The highest BCUT2D eigenvalue weighted by molar-refractivity contribution is 7.16. The normalized spacial score (nSPS) is 10.5. The SMILES string of the molecule is COc1ccnc(CNCc2ccc(Cl)s2)c1OC. The molecule has 102 valence electrons. The average Bonchev–Trinajstić information content (AvgIpc) is 2.84. The minimum Gasteiger partial charge on any atom is -0.493 e. The maximum Gasteiger partial charge on any atom is 0.183 e. The molecule has 0 aliphatic heterocycles. The van der Waals surface area contributed by atoms with Crippen molar-refractivity contribution in [2.45, 2.75) is 13.1 Å². The molecule has 6 heteroatoms. The highest BCUT2D eigenvalue weighted by atomic mass is 35.5. The third-order valence-electron chi connectivity index (χ3n) is 2.59. The molecule has 0 aliphatic carbocycles. The van der Waals surface area contributed by atoms with Crippen molar-refractivity contribution in [3.8, 4) is 11.5 Å². The number of hydrogen-bond donors (Lipinski definition) is 1. The monoisotopic (exact) mass is 298 g/mol. The summed E-state index contributed by atoms with van der Waals surface area (Å²) in [6, 6.07) is 5.69. The second-order valence-electron chi connectivity index (χ2n) is 3.80. The molecule has 1 N–H and O–H groups in total. The van der Waals surface area contributed by atoms with Crippen LogP contribution in [0.3, 0.4) is 0 Å². The molecule has 2 heterocycles. The number of aromatic nitrogens is 1. The van der Waals surface area contributed by atoms with E-state index in [9.17, 15) is 0 Å². The van der Waals surface area contributed by atoms with Gasteiger partial charge >= 0.3 is 0 Å². The number of halogens is 1. The van der Waals surface area contributed by atoms with Crippen molar-refractivity contribution in [3.05, 3.63) is 39.3 Å². The molecular formula is C13H15ClN2O2S. The van der Waals surface area contributed by atoms with Crippen molar-refractivity contribution in [2.24, 2.45) is 0 Å². The highest BCUT2D eigenvalue weighted by Crippen LogP contribution is 2.29. The summed E-state index contributed by atoms with van der Waals surface area (Å²) >= 11 is 7.45. The van der Waals surface area contributed by atoms with Gasteiger partial charge in [0.1, 0.15) is 0 Å². The van der Waals surface area contributed by atoms with Gasteiger partial charge in [0.05, 0.1) is 24.2 Å². The lowest BCUT2D eigenvalue weighted by atomic mass is 10.3. The van der Waals surface area contributed by atoms with E-state index in [0.717, 1.165) is 16.6 Å². The number of nitrogens with zero attached hydrogens (tertiary/aromatic N) is 1. The van der Waals surface area contributed by atoms with Gasteiger partial charge in [0.2, 0.25) is 0 Å². The van der Waals surface area contributed by atoms with Gasteiger partial charge in [-0.1, -0.05) is 11.6 Å². The Kier molecular flexibility index (Phi) is 5.01. The van der Waals surface area contributed by atoms with E-state index < -0.39 is 0 Å². The Morgan fingerprint density at radius 1 is 1.21 bits per heavy atom. The van der Waals surface area contributed by atoms with E-state index in [0.29, 0.717) is 18.0 Å². The van der Waals surface area contributed by atoms with Crippen LogP contribution in [0.25, 0.3) is 0 Å². The fraction of sp³-hybridized carbons (Fsp3) is 0.308. The van der Waals surface area contributed by atoms with E-state index in [1.54, 1.807) is 37.8 Å². The Bertz CT molecular complexity index is 545. The van der Waals surface area contributed by atoms with Gasteiger partial charge < -0.3 is 14.8 Å². The smallest absolute Gasteiger partial charge is 0.183 e. The number of methoxy groups -OCH3 is 2. The minimum atomic E-state index is 0.607. The van der Waals surface area contributed by atoms with Crippen LogP contribution < -0.4 is 14.8 Å². The zero-order valence-corrected chi connectivity index (χ0v) is 12.3. The van der Waals surface area contributed by atoms with Gasteiger partial charge in [-0.2, -0.15) is 0 Å². The first kappa shape index (κ1) is 14.1. The van der Waals surface area contributed by atoms with Crippen LogP contribution >= 0.6 is 22.9 Å². The van der Waals surface area contributed by atoms with E-state index >= 15 is 0 Å². The second kappa shape index (κ2) is 6.75. The summed E-state index contributed by atoms with van der Waals surface area (Å²) in [7, 11) is 3.23. The first-order valence-electron chi connectivity index (χ1n) is 5.75. The standard InChI is InChI=1S/C13H15ClN2O2S/c1-17-11-5-6-16-10(13(11)18-2)8-15-7-9-3-4-12(14)19-9/h3-6,15H,7-8H2,1-2H3. The molecule has 0 bridgehead atoms. The maximum atomic E-state index is 5.89. The van der Waals surface area contributed by atoms with Gasteiger partial charge in [0.15, 0.2) is 11.5 Å². The van der Waals surface area contributed by atoms with Gasteiger partial charge in [-0.05, 0) is 12.1 Å². The molecule has 0 atom stereocenters. The van der Waals surface area contributed by atoms with Crippen molar-refractivity contribution in [3.63, 3.8) is 0 Å². The molecular weight excluding hydrogens is 284 g/mol. The van der Waals surface area contributed by atoms with Crippen molar-refractivity contribution in [1.82, 2.24) is 10.3 Å². The molecule has 0 fully saturated rings. The lowest BCUT2D eigenvalue weighted by Gasteiger charge is -2.11. The number of pyridine rings is 1. The number of nitrogens with one attached hydrogen (secondary N) is 1. The predicted octanol–water partition coefficient (Wildman–Crippen LogP) is 3.10. The van der Waals surface area contributed by atoms with Gasteiger partial charge in [-0.15, -0.1) is 11.3 Å². The summed E-state index contributed by atoms with van der Waals surface area (Å²) in [5, 5.41) is 3.31. The second-order valence-corrected chi connectivity index (χ2v) is 5.60. The molecule has 0 radical (unpaired) electrons. The number of thiophene rings is 1. The Hall–Kier alpha value is -1.30. The Labute approximate surface area is 121 Å². The van der Waals surface area contributed by atoms with E-state index in [1.165, 1.54) is 4.88 Å². The molecule has 0 aliphatic rings. The molecule has 0 spiro atoms. The van der Waals surface area contributed by atoms with Crippen LogP contribution in [0.1, 0.15) is 10.6 Å². The lowest BCUT2D eigenvalue weighted by molar-refractivity contribution is 0.348. The minimum absolute atomic E-state index is 0.607. The summed E-state index contributed by atoms with van der Waals surface area (Å²) in [6.07, 6.45) is 1.71. The van der Waals surface area contributed by atoms with E-state index in [2.05, 4.69) is 10.3 Å². The van der Waals surface area contributed by atoms with Crippen LogP contribution in [0.15, 0.2) is 24.4 Å². The quantitative estimate of drug-likeness (QED) is 0.890. The fourth-order valence-corrected chi connectivity index (χ4v) is 2.78. The molecule has 0 saturated heterocycles. The van der Waals surface area contributed by atoms with Gasteiger partial charge in [0.25, 0.3) is 0 Å². The first-order valence-corrected chi connectivity index (χ1v) is 6.95. The molecule has 2 aromatic rings. The van der Waals surface area contributed by atoms with Gasteiger partial charge in [0, 0.05) is 30.2 Å². The largest absolute Gasteiger partial charge is 0.493 e. The van der Waals surface area contributed by atoms with E-state index in [1.807, 2.05) is 12.1 Å². The van der Waals surface area contributed by atoms with Crippen LogP contribution in [-0.4, -0.2) is 19.2 Å². The third-order valence-corrected chi connectivity index (χ3v) is 3.82. The van der Waals surface area contributed by atoms with Gasteiger partial charge in [-0.25, -0.2) is 0 Å². The summed E-state index contributed by atoms with van der Waals surface area (Å²) in [4.78, 5) is 5.49. The molecule has 4 nitrogen and oxygen atoms in total. The predicted molar refractivity (Wildman–Crippen MR) is 77.2 cm³/mol. The molecule has 2 rings (SSSR count). The molecule has 0 aromatic carbocycles. The Morgan fingerprint density at radius 2 is 2.05 bits per heavy atom. The van der Waals surface area contributed by atoms with Crippen molar-refractivity contribution >= 4 is 22.9 Å². The van der Waals surface area contributed by atoms with Crippen LogP contribution in [0.5, 0.6) is 11.5 Å². The van der Waals surface area contributed by atoms with Crippen LogP contribution in [-0.2, 0) is 13.1 Å². The Balaban J connectivity index is 1.99. The summed E-state index contributed by atoms with van der Waals surface area (Å²) in [5.74, 6) is 1.36. The molecule has 0 saturated carbocycles. The molecule has 19 heavy (non-hydrogen) atoms. The van der Waals surface area contributed by atoms with E-state index in [-0.39, 0.29) is 0 Å². The van der Waals surface area contributed by atoms with Gasteiger partial charge in [-0.3, -0.25) is 4.98 Å². The highest BCUT2D eigenvalue weighted by Gasteiger charge is 2.10. The number of hydrogen-bond acceptors (Lipinski definition) is 5. The first-order chi connectivity index (χ1) is 9.24. The summed E-state index contributed by atoms with van der Waals surface area (Å²) < 4.78 is 11.4. The van der Waals surface area contributed by atoms with E-state index in [4.69, 9.17) is 21.1 Å². The number of rotatable bonds is 6. The lowest BCUT2D eigenvalue weighted by Crippen LogP contribution is -2.14. The molecule has 0 amide bonds. The third kappa shape index (κ3) is 3.59. The zero-order chi connectivity index (χ0) is 13.7. The maximum absolute atomic E-state index is 5.89. The van der Waals surface area contributed by atoms with Crippen LogP contribution in [0.4, 0.5) is 0 Å². The summed E-state index contributed by atoms with van der Waals surface area (Å²) in [6.45, 7) is 1.36. The van der Waals surface area contributed by atoms with Crippen molar-refractivity contribution < 1.29 is 9.47 Å². The van der Waals surface area contributed by atoms with Crippen molar-refractivity contribution in [2.75, 3.05) is 14.2 Å². The fourth-order valence-electron chi connectivity index (χ4n) is 1.73. The van der Waals surface area contributed by atoms with Crippen LogP contribution in [0, 0.1) is 0 Å². The zero-order valence-electron chi connectivity index (χ0n) is 10.8. The topological polar surface area (TPSA) is 43.4 Å². The molecule has 0 unspecified atom stereocenters. The Morgan fingerprint density at radius 3 is 2.68 bits per heavy atom.